The Bertz CT molecular complexity index is 352. The lowest BCUT2D eigenvalue weighted by molar-refractivity contribution is 0.0991. The molecule has 21 heavy (non-hydrogen) atoms. The Labute approximate surface area is 131 Å². The molecule has 3 atom stereocenters. The summed E-state index contributed by atoms with van der Waals surface area (Å²) in [7, 11) is 0. The summed E-state index contributed by atoms with van der Waals surface area (Å²) in [6.07, 6.45) is 8.27. The van der Waals surface area contributed by atoms with Gasteiger partial charge >= 0.3 is 0 Å². The third-order valence-electron chi connectivity index (χ3n) is 6.50. The molecule has 0 aromatic rings. The van der Waals surface area contributed by atoms with E-state index in [9.17, 15) is 0 Å². The van der Waals surface area contributed by atoms with Crippen LogP contribution in [0.2, 0.25) is 0 Å². The summed E-state index contributed by atoms with van der Waals surface area (Å²) in [6, 6.07) is 1.61. The summed E-state index contributed by atoms with van der Waals surface area (Å²) in [4.78, 5) is 5.55. The third kappa shape index (κ3) is 3.16. The van der Waals surface area contributed by atoms with Crippen LogP contribution in [0.15, 0.2) is 0 Å². The molecule has 3 rings (SSSR count). The molecule has 2 N–H and O–H groups in total. The molecule has 0 spiro atoms. The predicted octanol–water partition coefficient (Wildman–Crippen LogP) is 2.70. The molecule has 0 bridgehead atoms. The predicted molar refractivity (Wildman–Crippen MR) is 89.3 cm³/mol. The topological polar surface area (TPSA) is 32.5 Å². The van der Waals surface area contributed by atoms with Crippen molar-refractivity contribution in [2.24, 2.45) is 17.6 Å². The fourth-order valence-corrected chi connectivity index (χ4v) is 4.89. The van der Waals surface area contributed by atoms with Gasteiger partial charge in [0.15, 0.2) is 0 Å². The fourth-order valence-electron chi connectivity index (χ4n) is 4.89. The first-order valence-electron chi connectivity index (χ1n) is 9.26. The van der Waals surface area contributed by atoms with Crippen LogP contribution >= 0.6 is 0 Å². The minimum absolute atomic E-state index is 0.272. The highest BCUT2D eigenvalue weighted by atomic mass is 15.3. The summed E-state index contributed by atoms with van der Waals surface area (Å²) < 4.78 is 0. The molecule has 0 amide bonds. The van der Waals surface area contributed by atoms with E-state index >= 15 is 0 Å². The van der Waals surface area contributed by atoms with E-state index in [0.29, 0.717) is 0 Å². The van der Waals surface area contributed by atoms with Gasteiger partial charge in [0.25, 0.3) is 0 Å². The molecule has 0 radical (unpaired) electrons. The van der Waals surface area contributed by atoms with E-state index < -0.39 is 0 Å². The number of rotatable bonds is 4. The number of nitrogens with zero attached hydrogens (tertiary/aromatic N) is 2. The van der Waals surface area contributed by atoms with Gasteiger partial charge in [-0.3, -0.25) is 9.80 Å². The SMILES string of the molecule is CC(C)C1CCCN(C2(CN)CC(C)N(C3CC3)C2)CC1. The number of likely N-dealkylation sites (tertiary alicyclic amines) is 2. The molecule has 3 nitrogen and oxygen atoms in total. The van der Waals surface area contributed by atoms with Crippen molar-refractivity contribution in [3.63, 3.8) is 0 Å². The van der Waals surface area contributed by atoms with Crippen LogP contribution in [0.4, 0.5) is 0 Å². The van der Waals surface area contributed by atoms with Gasteiger partial charge in [-0.15, -0.1) is 0 Å². The molecule has 1 saturated carbocycles. The van der Waals surface area contributed by atoms with Gasteiger partial charge in [-0.1, -0.05) is 13.8 Å². The lowest BCUT2D eigenvalue weighted by Crippen LogP contribution is -2.56. The van der Waals surface area contributed by atoms with Crippen molar-refractivity contribution in [2.75, 3.05) is 26.2 Å². The van der Waals surface area contributed by atoms with E-state index in [0.717, 1.165) is 30.5 Å². The van der Waals surface area contributed by atoms with Gasteiger partial charge in [0, 0.05) is 30.7 Å². The Morgan fingerprint density at radius 2 is 1.90 bits per heavy atom. The number of hydrogen-bond donors (Lipinski definition) is 1. The first-order valence-corrected chi connectivity index (χ1v) is 9.26. The Kier molecular flexibility index (Phi) is 4.63. The average Bonchev–Trinajstić information content (AvgIpc) is 3.26. The molecule has 2 heterocycles. The average molecular weight is 293 g/mol. The summed E-state index contributed by atoms with van der Waals surface area (Å²) in [5.41, 5.74) is 6.59. The van der Waals surface area contributed by atoms with Gasteiger partial charge in [-0.2, -0.15) is 0 Å². The summed E-state index contributed by atoms with van der Waals surface area (Å²) >= 11 is 0. The van der Waals surface area contributed by atoms with Gasteiger partial charge < -0.3 is 5.73 Å². The molecular formula is C18H35N3. The molecule has 122 valence electrons. The zero-order valence-corrected chi connectivity index (χ0v) is 14.4. The van der Waals surface area contributed by atoms with Crippen LogP contribution in [0.25, 0.3) is 0 Å². The van der Waals surface area contributed by atoms with Gasteiger partial charge in [0.05, 0.1) is 0 Å². The van der Waals surface area contributed by atoms with Crippen LogP contribution < -0.4 is 5.73 Å². The first-order chi connectivity index (χ1) is 10.1. The molecule has 2 saturated heterocycles. The lowest BCUT2D eigenvalue weighted by Gasteiger charge is -2.40. The highest BCUT2D eigenvalue weighted by molar-refractivity contribution is 5.07. The number of nitrogens with two attached hydrogens (primary N) is 1. The standard InChI is InChI=1S/C18H35N3/c1-14(2)16-5-4-9-20(10-8-16)18(12-19)11-15(3)21(13-18)17-6-7-17/h14-17H,4-13,19H2,1-3H3. The van der Waals surface area contributed by atoms with Crippen molar-refractivity contribution < 1.29 is 0 Å². The maximum Gasteiger partial charge on any atom is 0.0473 e. The Hall–Kier alpha value is -0.120. The highest BCUT2D eigenvalue weighted by Gasteiger charge is 2.49. The number of hydrogen-bond acceptors (Lipinski definition) is 3. The molecule has 1 aliphatic carbocycles. The van der Waals surface area contributed by atoms with E-state index in [4.69, 9.17) is 5.73 Å². The Balaban J connectivity index is 1.68. The van der Waals surface area contributed by atoms with Crippen molar-refractivity contribution in [3.05, 3.63) is 0 Å². The van der Waals surface area contributed by atoms with Crippen molar-refractivity contribution >= 4 is 0 Å². The van der Waals surface area contributed by atoms with Crippen LogP contribution in [0.5, 0.6) is 0 Å². The second-order valence-corrected chi connectivity index (χ2v) is 8.31. The largest absolute Gasteiger partial charge is 0.329 e. The summed E-state index contributed by atoms with van der Waals surface area (Å²) in [5, 5.41) is 0. The van der Waals surface area contributed by atoms with Crippen LogP contribution in [0.3, 0.4) is 0 Å². The van der Waals surface area contributed by atoms with Gasteiger partial charge in [0.1, 0.15) is 0 Å². The molecule has 3 heteroatoms. The minimum Gasteiger partial charge on any atom is -0.329 e. The Morgan fingerprint density at radius 1 is 1.14 bits per heavy atom. The van der Waals surface area contributed by atoms with E-state index in [-0.39, 0.29) is 5.54 Å². The van der Waals surface area contributed by atoms with E-state index in [1.165, 1.54) is 58.2 Å². The van der Waals surface area contributed by atoms with Crippen molar-refractivity contribution in [1.29, 1.82) is 0 Å². The normalized spacial score (nSPS) is 39.9. The van der Waals surface area contributed by atoms with Gasteiger partial charge in [0.2, 0.25) is 0 Å². The maximum atomic E-state index is 6.32. The van der Waals surface area contributed by atoms with E-state index in [1.807, 2.05) is 0 Å². The van der Waals surface area contributed by atoms with Crippen LogP contribution in [0, 0.1) is 11.8 Å². The quantitative estimate of drug-likeness (QED) is 0.865. The maximum absolute atomic E-state index is 6.32. The van der Waals surface area contributed by atoms with Gasteiger partial charge in [-0.05, 0) is 70.4 Å². The van der Waals surface area contributed by atoms with Gasteiger partial charge in [-0.25, -0.2) is 0 Å². The molecule has 0 aromatic heterocycles. The third-order valence-corrected chi connectivity index (χ3v) is 6.50. The Morgan fingerprint density at radius 3 is 2.52 bits per heavy atom. The van der Waals surface area contributed by atoms with E-state index in [2.05, 4.69) is 30.6 Å². The molecule has 3 unspecified atom stereocenters. The second kappa shape index (κ2) is 6.17. The minimum atomic E-state index is 0.272. The summed E-state index contributed by atoms with van der Waals surface area (Å²) in [6.45, 7) is 11.8. The summed E-state index contributed by atoms with van der Waals surface area (Å²) in [5.74, 6) is 1.76. The zero-order chi connectivity index (χ0) is 15.0. The molecule has 3 fully saturated rings. The second-order valence-electron chi connectivity index (χ2n) is 8.31. The molecule has 2 aliphatic heterocycles. The lowest BCUT2D eigenvalue weighted by atomic mass is 9.89. The van der Waals surface area contributed by atoms with Crippen LogP contribution in [-0.4, -0.2) is 53.6 Å². The van der Waals surface area contributed by atoms with Crippen LogP contribution in [0.1, 0.15) is 59.3 Å². The smallest absolute Gasteiger partial charge is 0.0473 e. The molecular weight excluding hydrogens is 258 g/mol. The molecule has 0 aromatic carbocycles. The van der Waals surface area contributed by atoms with E-state index in [1.54, 1.807) is 0 Å². The molecule has 3 aliphatic rings. The zero-order valence-electron chi connectivity index (χ0n) is 14.4. The monoisotopic (exact) mass is 293 g/mol. The van der Waals surface area contributed by atoms with Crippen LogP contribution in [-0.2, 0) is 0 Å². The van der Waals surface area contributed by atoms with Crippen molar-refractivity contribution in [3.8, 4) is 0 Å². The highest BCUT2D eigenvalue weighted by Crippen LogP contribution is 2.40. The van der Waals surface area contributed by atoms with Crippen molar-refractivity contribution in [2.45, 2.75) is 76.9 Å². The fraction of sp³-hybridized carbons (Fsp3) is 1.00. The first kappa shape index (κ1) is 15.8. The van der Waals surface area contributed by atoms with Crippen molar-refractivity contribution in [1.82, 2.24) is 9.80 Å².